The van der Waals surface area contributed by atoms with Gasteiger partial charge in [0.2, 0.25) is 0 Å². The molecule has 1 saturated heterocycles. The number of hydrazine groups is 1. The number of nitrogens with one attached hydrogen (secondary N) is 3. The minimum Gasteiger partial charge on any atom is -0.318 e. The molecule has 0 aromatic rings. The van der Waals surface area contributed by atoms with E-state index in [1.54, 1.807) is 0 Å². The van der Waals surface area contributed by atoms with Crippen LogP contribution in [0.4, 0.5) is 0 Å². The molecule has 2 atom stereocenters. The Hall–Kier alpha value is -0.420. The molecule has 3 rings (SSSR count). The highest BCUT2D eigenvalue weighted by Gasteiger charge is 2.29. The normalized spacial score (nSPS) is 34.1. The lowest BCUT2D eigenvalue weighted by Crippen LogP contribution is -2.37. The van der Waals surface area contributed by atoms with Gasteiger partial charge in [-0.3, -0.25) is 10.9 Å². The van der Waals surface area contributed by atoms with Gasteiger partial charge in [-0.25, -0.2) is 0 Å². The van der Waals surface area contributed by atoms with Crippen LogP contribution in [0.2, 0.25) is 0 Å². The summed E-state index contributed by atoms with van der Waals surface area (Å²) in [6.45, 7) is 4.42. The van der Waals surface area contributed by atoms with Gasteiger partial charge in [0, 0.05) is 38.1 Å². The molecule has 1 heterocycles. The number of rotatable bonds is 8. The second-order valence-corrected chi connectivity index (χ2v) is 9.13. The first-order valence-corrected chi connectivity index (χ1v) is 11.3. The third-order valence-electron chi connectivity index (χ3n) is 7.15. The van der Waals surface area contributed by atoms with E-state index >= 15 is 0 Å². The first kappa shape index (κ1) is 20.3. The lowest BCUT2D eigenvalue weighted by atomic mass is 9.71. The topological polar surface area (TPSA) is 39.3 Å². The third kappa shape index (κ3) is 6.05. The van der Waals surface area contributed by atoms with Crippen LogP contribution in [0.3, 0.4) is 0 Å². The standard InChI is InChI=1S/C22H42N4/c1-23-14-15-26(2)17-21-16-24-25-22(21)13-10-18-8-11-20(12-9-18)19-6-4-3-5-7-19/h10,13,18-25H,3-9,11-12,14-17H2,1-2H3/b13-10+. The fourth-order valence-corrected chi connectivity index (χ4v) is 5.42. The molecule has 0 radical (unpaired) electrons. The van der Waals surface area contributed by atoms with Gasteiger partial charge >= 0.3 is 0 Å². The maximum absolute atomic E-state index is 3.49. The van der Waals surface area contributed by atoms with Crippen molar-refractivity contribution in [2.75, 3.05) is 40.3 Å². The zero-order valence-electron chi connectivity index (χ0n) is 17.2. The van der Waals surface area contributed by atoms with Crippen LogP contribution in [0.1, 0.15) is 57.8 Å². The average molecular weight is 363 g/mol. The van der Waals surface area contributed by atoms with Crippen LogP contribution in [0.5, 0.6) is 0 Å². The molecule has 2 aliphatic carbocycles. The number of nitrogens with zero attached hydrogens (tertiary/aromatic N) is 1. The predicted octanol–water partition coefficient (Wildman–Crippen LogP) is 3.17. The van der Waals surface area contributed by atoms with Crippen LogP contribution < -0.4 is 16.2 Å². The summed E-state index contributed by atoms with van der Waals surface area (Å²) in [5, 5.41) is 3.24. The summed E-state index contributed by atoms with van der Waals surface area (Å²) < 4.78 is 0. The number of hydrogen-bond acceptors (Lipinski definition) is 4. The van der Waals surface area contributed by atoms with Gasteiger partial charge in [-0.15, -0.1) is 0 Å². The van der Waals surface area contributed by atoms with E-state index in [2.05, 4.69) is 40.3 Å². The second-order valence-electron chi connectivity index (χ2n) is 9.13. The molecule has 26 heavy (non-hydrogen) atoms. The zero-order valence-corrected chi connectivity index (χ0v) is 17.2. The van der Waals surface area contributed by atoms with Gasteiger partial charge in [-0.1, -0.05) is 44.3 Å². The van der Waals surface area contributed by atoms with E-state index in [0.717, 1.165) is 43.9 Å². The van der Waals surface area contributed by atoms with Gasteiger partial charge in [0.25, 0.3) is 0 Å². The van der Waals surface area contributed by atoms with Crippen LogP contribution >= 0.6 is 0 Å². The Morgan fingerprint density at radius 2 is 1.69 bits per heavy atom. The molecule has 0 spiro atoms. The quantitative estimate of drug-likeness (QED) is 0.580. The average Bonchev–Trinajstić information content (AvgIpc) is 3.12. The van der Waals surface area contributed by atoms with Crippen LogP contribution in [0, 0.1) is 23.7 Å². The van der Waals surface area contributed by atoms with Gasteiger partial charge in [0.15, 0.2) is 0 Å². The molecular weight excluding hydrogens is 320 g/mol. The Morgan fingerprint density at radius 1 is 0.962 bits per heavy atom. The Morgan fingerprint density at radius 3 is 2.42 bits per heavy atom. The van der Waals surface area contributed by atoms with Gasteiger partial charge in [-0.2, -0.15) is 0 Å². The van der Waals surface area contributed by atoms with Gasteiger partial charge in [0.05, 0.1) is 0 Å². The Kier molecular flexibility index (Phi) is 8.44. The van der Waals surface area contributed by atoms with Crippen LogP contribution in [-0.2, 0) is 0 Å². The summed E-state index contributed by atoms with van der Waals surface area (Å²) in [5.41, 5.74) is 6.87. The molecule has 3 N–H and O–H groups in total. The molecule has 0 aromatic carbocycles. The molecule has 3 fully saturated rings. The fraction of sp³-hybridized carbons (Fsp3) is 0.909. The maximum Gasteiger partial charge on any atom is 0.0446 e. The molecule has 1 aliphatic heterocycles. The Labute approximate surface area is 161 Å². The van der Waals surface area contributed by atoms with Crippen molar-refractivity contribution >= 4 is 0 Å². The largest absolute Gasteiger partial charge is 0.318 e. The van der Waals surface area contributed by atoms with Crippen molar-refractivity contribution in [3.63, 3.8) is 0 Å². The molecule has 4 heteroatoms. The number of likely N-dealkylation sites (N-methyl/N-ethyl adjacent to an activating group) is 2. The van der Waals surface area contributed by atoms with E-state index in [9.17, 15) is 0 Å². The third-order valence-corrected chi connectivity index (χ3v) is 7.15. The molecule has 2 unspecified atom stereocenters. The first-order valence-electron chi connectivity index (χ1n) is 11.3. The maximum atomic E-state index is 3.49. The monoisotopic (exact) mass is 362 g/mol. The summed E-state index contributed by atoms with van der Waals surface area (Å²) in [5.74, 6) is 3.60. The second kappa shape index (κ2) is 10.8. The van der Waals surface area contributed by atoms with Crippen molar-refractivity contribution in [1.29, 1.82) is 0 Å². The lowest BCUT2D eigenvalue weighted by molar-refractivity contribution is 0.180. The molecule has 4 nitrogen and oxygen atoms in total. The van der Waals surface area contributed by atoms with E-state index in [4.69, 9.17) is 0 Å². The molecule has 2 saturated carbocycles. The minimum absolute atomic E-state index is 0.489. The number of hydrogen-bond donors (Lipinski definition) is 3. The Bertz CT molecular complexity index is 410. The smallest absolute Gasteiger partial charge is 0.0446 e. The molecule has 3 aliphatic rings. The zero-order chi connectivity index (χ0) is 18.2. The van der Waals surface area contributed by atoms with E-state index < -0.39 is 0 Å². The van der Waals surface area contributed by atoms with Gasteiger partial charge in [-0.05, 0) is 57.5 Å². The Balaban J connectivity index is 1.40. The van der Waals surface area contributed by atoms with E-state index in [1.165, 1.54) is 57.8 Å². The van der Waals surface area contributed by atoms with E-state index in [1.807, 2.05) is 7.05 Å². The van der Waals surface area contributed by atoms with Crippen molar-refractivity contribution in [2.45, 2.75) is 63.8 Å². The summed E-state index contributed by atoms with van der Waals surface area (Å²) in [7, 11) is 4.27. The van der Waals surface area contributed by atoms with Crippen LogP contribution in [-0.4, -0.2) is 51.2 Å². The van der Waals surface area contributed by atoms with Crippen molar-refractivity contribution in [1.82, 2.24) is 21.1 Å². The molecule has 0 amide bonds. The minimum atomic E-state index is 0.489. The lowest BCUT2D eigenvalue weighted by Gasteiger charge is -2.35. The van der Waals surface area contributed by atoms with E-state index in [0.29, 0.717) is 12.0 Å². The van der Waals surface area contributed by atoms with Crippen molar-refractivity contribution in [3.05, 3.63) is 12.2 Å². The SMILES string of the molecule is CNCCN(C)CC1CNNC1/C=C/C1CCC(C2CCCCC2)CC1. The summed E-state index contributed by atoms with van der Waals surface area (Å²) in [6.07, 6.45) is 18.3. The summed E-state index contributed by atoms with van der Waals surface area (Å²) in [4.78, 5) is 2.45. The highest BCUT2D eigenvalue weighted by molar-refractivity contribution is 5.03. The molecule has 0 aromatic heterocycles. The van der Waals surface area contributed by atoms with Crippen LogP contribution in [0.15, 0.2) is 12.2 Å². The summed E-state index contributed by atoms with van der Waals surface area (Å²) >= 11 is 0. The molecule has 0 bridgehead atoms. The summed E-state index contributed by atoms with van der Waals surface area (Å²) in [6, 6.07) is 0.489. The highest BCUT2D eigenvalue weighted by atomic mass is 15.4. The molecular formula is C22H42N4. The highest BCUT2D eigenvalue weighted by Crippen LogP contribution is 2.40. The van der Waals surface area contributed by atoms with Crippen molar-refractivity contribution in [3.8, 4) is 0 Å². The fourth-order valence-electron chi connectivity index (χ4n) is 5.42. The van der Waals surface area contributed by atoms with Gasteiger partial charge < -0.3 is 10.2 Å². The number of allylic oxidation sites excluding steroid dienone is 1. The predicted molar refractivity (Wildman–Crippen MR) is 111 cm³/mol. The van der Waals surface area contributed by atoms with Crippen LogP contribution in [0.25, 0.3) is 0 Å². The van der Waals surface area contributed by atoms with Crippen molar-refractivity contribution in [2.24, 2.45) is 23.7 Å². The van der Waals surface area contributed by atoms with E-state index in [-0.39, 0.29) is 0 Å². The molecule has 150 valence electrons. The first-order chi connectivity index (χ1) is 12.8. The van der Waals surface area contributed by atoms with Gasteiger partial charge in [0.1, 0.15) is 0 Å². The van der Waals surface area contributed by atoms with Crippen molar-refractivity contribution < 1.29 is 0 Å².